The van der Waals surface area contributed by atoms with Gasteiger partial charge in [-0.1, -0.05) is 62.9 Å². The molecule has 6 nitrogen and oxygen atoms in total. The molecular formula is C43H56Cl2O6. The van der Waals surface area contributed by atoms with Crippen LogP contribution in [0.5, 0.6) is 11.5 Å². The number of hydrogen-bond acceptors (Lipinski definition) is 6. The molecule has 6 rings (SSSR count). The van der Waals surface area contributed by atoms with Gasteiger partial charge >= 0.3 is 11.9 Å². The number of benzene rings is 2. The van der Waals surface area contributed by atoms with Crippen molar-refractivity contribution < 1.29 is 28.5 Å². The summed E-state index contributed by atoms with van der Waals surface area (Å²) in [6.45, 7) is 7.76. The summed E-state index contributed by atoms with van der Waals surface area (Å²) in [5, 5.41) is 0.554. The van der Waals surface area contributed by atoms with Gasteiger partial charge in [0.25, 0.3) is 0 Å². The van der Waals surface area contributed by atoms with Crippen molar-refractivity contribution in [2.45, 2.75) is 97.8 Å². The van der Waals surface area contributed by atoms with Gasteiger partial charge in [-0.15, -0.1) is 0 Å². The lowest BCUT2D eigenvalue weighted by atomic mass is 9.44. The molecule has 0 radical (unpaired) electrons. The average molecular weight is 740 g/mol. The van der Waals surface area contributed by atoms with Crippen molar-refractivity contribution in [3.05, 3.63) is 62.6 Å². The minimum atomic E-state index is -0.559. The third kappa shape index (κ3) is 6.82. The Hall–Kier alpha value is -2.70. The van der Waals surface area contributed by atoms with E-state index in [2.05, 4.69) is 26.8 Å². The zero-order chi connectivity index (χ0) is 36.7. The van der Waals surface area contributed by atoms with Gasteiger partial charge in [0.1, 0.15) is 11.1 Å². The molecule has 4 fully saturated rings. The zero-order valence-electron chi connectivity index (χ0n) is 31.5. The summed E-state index contributed by atoms with van der Waals surface area (Å²) in [5.41, 5.74) is 3.54. The van der Waals surface area contributed by atoms with Crippen molar-refractivity contribution in [3.8, 4) is 11.5 Å². The molecule has 8 atom stereocenters. The number of methoxy groups -OCH3 is 4. The fraction of sp³-hybridized carbons (Fsp3) is 0.628. The van der Waals surface area contributed by atoms with E-state index in [4.69, 9.17) is 42.1 Å². The predicted molar refractivity (Wildman–Crippen MR) is 204 cm³/mol. The van der Waals surface area contributed by atoms with E-state index in [0.717, 1.165) is 42.1 Å². The van der Waals surface area contributed by atoms with E-state index < -0.39 is 11.9 Å². The van der Waals surface area contributed by atoms with E-state index in [1.54, 1.807) is 24.3 Å². The number of rotatable bonds is 10. The Labute approximate surface area is 314 Å². The largest absolute Gasteiger partial charge is 0.494 e. The molecule has 2 aromatic rings. The van der Waals surface area contributed by atoms with E-state index in [9.17, 15) is 9.59 Å². The maximum atomic E-state index is 12.9. The number of ether oxygens (including phenoxy) is 4. The maximum absolute atomic E-state index is 12.9. The summed E-state index contributed by atoms with van der Waals surface area (Å²) >= 11 is 13.4. The highest BCUT2D eigenvalue weighted by Gasteiger charge is 2.60. The molecule has 4 saturated carbocycles. The minimum Gasteiger partial charge on any atom is -0.494 e. The van der Waals surface area contributed by atoms with Crippen LogP contribution in [-0.4, -0.2) is 40.4 Å². The summed E-state index contributed by atoms with van der Waals surface area (Å²) in [6, 6.07) is 7.01. The molecule has 0 bridgehead atoms. The number of allylic oxidation sites excluding steroid dienone is 1. The molecule has 278 valence electrons. The van der Waals surface area contributed by atoms with Crippen LogP contribution >= 0.6 is 23.2 Å². The van der Waals surface area contributed by atoms with Crippen LogP contribution in [0.25, 0.3) is 5.57 Å². The lowest BCUT2D eigenvalue weighted by molar-refractivity contribution is -0.114. The fourth-order valence-electron chi connectivity index (χ4n) is 11.8. The van der Waals surface area contributed by atoms with E-state index in [0.29, 0.717) is 33.8 Å². The first-order chi connectivity index (χ1) is 24.4. The number of halogens is 2. The van der Waals surface area contributed by atoms with Crippen LogP contribution in [0.4, 0.5) is 0 Å². The van der Waals surface area contributed by atoms with Crippen molar-refractivity contribution in [1.29, 1.82) is 0 Å². The second-order valence-electron chi connectivity index (χ2n) is 16.4. The smallest absolute Gasteiger partial charge is 0.341 e. The number of carbonyl (C=O) groups excluding carboxylic acids is 2. The van der Waals surface area contributed by atoms with Crippen LogP contribution in [0, 0.1) is 46.3 Å². The first kappa shape index (κ1) is 38.0. The molecule has 4 aliphatic rings. The molecule has 0 aromatic heterocycles. The Morgan fingerprint density at radius 3 is 1.92 bits per heavy atom. The zero-order valence-corrected chi connectivity index (χ0v) is 33.1. The molecule has 0 aliphatic heterocycles. The summed E-state index contributed by atoms with van der Waals surface area (Å²) in [5.74, 6) is 4.19. The fourth-order valence-corrected chi connectivity index (χ4v) is 12.4. The minimum absolute atomic E-state index is 0.214. The van der Waals surface area contributed by atoms with E-state index in [-0.39, 0.29) is 32.7 Å². The molecule has 0 N–H and O–H groups in total. The lowest BCUT2D eigenvalue weighted by Crippen LogP contribution is -2.53. The van der Waals surface area contributed by atoms with Crippen molar-refractivity contribution in [3.63, 3.8) is 0 Å². The molecule has 0 heterocycles. The predicted octanol–water partition coefficient (Wildman–Crippen LogP) is 11.5. The second kappa shape index (κ2) is 15.3. The third-order valence-electron chi connectivity index (χ3n) is 14.2. The number of carbonyl (C=O) groups is 2. The number of hydrogen-bond donors (Lipinski definition) is 0. The first-order valence-corrected chi connectivity index (χ1v) is 19.8. The van der Waals surface area contributed by atoms with Crippen LogP contribution in [0.3, 0.4) is 0 Å². The van der Waals surface area contributed by atoms with Crippen LogP contribution in [0.15, 0.2) is 30.3 Å². The lowest BCUT2D eigenvalue weighted by Gasteiger charge is -2.61. The highest BCUT2D eigenvalue weighted by Crippen LogP contribution is 2.68. The van der Waals surface area contributed by atoms with Gasteiger partial charge in [-0.2, -0.15) is 0 Å². The normalized spacial score (nSPS) is 30.3. The van der Waals surface area contributed by atoms with E-state index >= 15 is 0 Å². The highest BCUT2D eigenvalue weighted by molar-refractivity contribution is 6.33. The van der Waals surface area contributed by atoms with Crippen LogP contribution in [0.1, 0.15) is 130 Å². The molecule has 2 aromatic carbocycles. The molecule has 0 saturated heterocycles. The van der Waals surface area contributed by atoms with Crippen LogP contribution in [-0.2, 0) is 9.47 Å². The quantitative estimate of drug-likeness (QED) is 0.226. The van der Waals surface area contributed by atoms with Crippen molar-refractivity contribution in [2.24, 2.45) is 46.3 Å². The molecule has 4 aliphatic carbocycles. The van der Waals surface area contributed by atoms with Gasteiger partial charge in [0, 0.05) is 0 Å². The first-order valence-electron chi connectivity index (χ1n) is 19.0. The second-order valence-corrected chi connectivity index (χ2v) is 17.2. The Kier molecular flexibility index (Phi) is 11.4. The number of esters is 2. The highest BCUT2D eigenvalue weighted by atomic mass is 35.5. The Morgan fingerprint density at radius 1 is 0.765 bits per heavy atom. The molecule has 51 heavy (non-hydrogen) atoms. The topological polar surface area (TPSA) is 71.1 Å². The van der Waals surface area contributed by atoms with E-state index in [1.165, 1.54) is 92.6 Å². The summed E-state index contributed by atoms with van der Waals surface area (Å²) in [4.78, 5) is 25.7. The van der Waals surface area contributed by atoms with Gasteiger partial charge in [0.05, 0.1) is 38.5 Å². The van der Waals surface area contributed by atoms with Gasteiger partial charge in [-0.3, -0.25) is 0 Å². The Morgan fingerprint density at radius 2 is 1.35 bits per heavy atom. The molecular weight excluding hydrogens is 683 g/mol. The summed E-state index contributed by atoms with van der Waals surface area (Å²) in [6.07, 6.45) is 18.1. The van der Waals surface area contributed by atoms with Gasteiger partial charge in [0.2, 0.25) is 0 Å². The number of fused-ring (bicyclic) bond motifs is 5. The average Bonchev–Trinajstić information content (AvgIpc) is 3.49. The van der Waals surface area contributed by atoms with Crippen molar-refractivity contribution in [2.75, 3.05) is 28.4 Å². The summed E-state index contributed by atoms with van der Waals surface area (Å²) < 4.78 is 21.1. The van der Waals surface area contributed by atoms with Gasteiger partial charge in [0.15, 0.2) is 11.5 Å². The van der Waals surface area contributed by atoms with Crippen molar-refractivity contribution in [1.82, 2.24) is 0 Å². The summed E-state index contributed by atoms with van der Waals surface area (Å²) in [7, 11) is 5.60. The molecule has 0 amide bonds. The van der Waals surface area contributed by atoms with Crippen LogP contribution < -0.4 is 9.47 Å². The van der Waals surface area contributed by atoms with Gasteiger partial charge < -0.3 is 18.9 Å². The Bertz CT molecular complexity index is 1590. The third-order valence-corrected chi connectivity index (χ3v) is 14.8. The molecule has 0 spiro atoms. The maximum Gasteiger partial charge on any atom is 0.341 e. The standard InChI is InChI=1S/C43H56Cl2O6/c1-25(33-16-17-34-30-15-14-28-12-8-9-19-42(28,2)35(30)18-20-43(33,34)3)11-10-13-29(26-21-31(40(46)50-6)38(48-4)36(44)23-26)27-22-32(41(47)51-7)39(49-5)37(45)24-27/h13,21-25,28,30,33-35H,8-12,14-20H2,1-7H3/t25?,28-,30?,33+,34?,35?,42-,43+/m0/s1. The molecule has 8 heteroatoms. The molecule has 4 unspecified atom stereocenters. The van der Waals surface area contributed by atoms with Gasteiger partial charge in [-0.25, -0.2) is 9.59 Å². The monoisotopic (exact) mass is 738 g/mol. The Balaban J connectivity index is 1.30. The SMILES string of the molecule is COC(=O)c1cc(C(=CCCC(C)[C@H]2CCC3C4CC[C@@H]5CCCC[C@]5(C)C4CC[C@@]32C)c2cc(Cl)c(OC)c(C(=O)OC)c2)cc(Cl)c1OC. The van der Waals surface area contributed by atoms with Gasteiger partial charge in [-0.05, 0) is 152 Å². The van der Waals surface area contributed by atoms with Crippen LogP contribution in [0.2, 0.25) is 10.0 Å². The van der Waals surface area contributed by atoms with Crippen molar-refractivity contribution >= 4 is 40.7 Å². The van der Waals surface area contributed by atoms with E-state index in [1.807, 2.05) is 0 Å².